The van der Waals surface area contributed by atoms with Gasteiger partial charge in [0.25, 0.3) is 5.69 Å². The standard InChI is InChI=1S/C13H13N5O2/c1-10-8-16-17(9-10)5-4-15-12-3-2-11(7-14)13(6-12)18(19)20/h2-3,6,8-9,15H,4-5H2,1H3. The normalized spacial score (nSPS) is 10.0. The number of nitrogens with one attached hydrogen (secondary N) is 1. The highest BCUT2D eigenvalue weighted by atomic mass is 16.6. The maximum Gasteiger partial charge on any atom is 0.289 e. The van der Waals surface area contributed by atoms with Crippen LogP contribution in [-0.4, -0.2) is 21.2 Å². The summed E-state index contributed by atoms with van der Waals surface area (Å²) in [6, 6.07) is 6.27. The number of nitro benzene ring substituents is 1. The second-order valence-corrected chi connectivity index (χ2v) is 4.31. The van der Waals surface area contributed by atoms with E-state index in [4.69, 9.17) is 5.26 Å². The minimum absolute atomic E-state index is 0.0586. The molecule has 1 heterocycles. The average Bonchev–Trinajstić information content (AvgIpc) is 2.84. The third-order valence-corrected chi connectivity index (χ3v) is 2.75. The fraction of sp³-hybridized carbons (Fsp3) is 0.231. The van der Waals surface area contributed by atoms with Crippen LogP contribution in [0.3, 0.4) is 0 Å². The van der Waals surface area contributed by atoms with Gasteiger partial charge in [-0.1, -0.05) is 0 Å². The zero-order chi connectivity index (χ0) is 14.5. The molecule has 0 radical (unpaired) electrons. The van der Waals surface area contributed by atoms with Crippen LogP contribution in [0.4, 0.5) is 11.4 Å². The van der Waals surface area contributed by atoms with Gasteiger partial charge in [-0.2, -0.15) is 10.4 Å². The van der Waals surface area contributed by atoms with Crippen molar-refractivity contribution in [1.82, 2.24) is 9.78 Å². The molecule has 1 aromatic carbocycles. The first kappa shape index (κ1) is 13.5. The summed E-state index contributed by atoms with van der Waals surface area (Å²) in [4.78, 5) is 10.3. The predicted molar refractivity (Wildman–Crippen MR) is 73.3 cm³/mol. The third-order valence-electron chi connectivity index (χ3n) is 2.75. The Kier molecular flexibility index (Phi) is 3.96. The number of hydrogen-bond acceptors (Lipinski definition) is 5. The minimum Gasteiger partial charge on any atom is -0.383 e. The molecular weight excluding hydrogens is 258 g/mol. The Labute approximate surface area is 115 Å². The summed E-state index contributed by atoms with van der Waals surface area (Å²) in [5.74, 6) is 0. The number of aromatic nitrogens is 2. The molecule has 102 valence electrons. The molecule has 0 saturated carbocycles. The lowest BCUT2D eigenvalue weighted by molar-refractivity contribution is -0.385. The summed E-state index contributed by atoms with van der Waals surface area (Å²) >= 11 is 0. The second kappa shape index (κ2) is 5.84. The summed E-state index contributed by atoms with van der Waals surface area (Å²) in [6.07, 6.45) is 3.69. The fourth-order valence-corrected chi connectivity index (χ4v) is 1.79. The molecule has 2 rings (SSSR count). The van der Waals surface area contributed by atoms with E-state index in [2.05, 4.69) is 10.4 Å². The van der Waals surface area contributed by atoms with Gasteiger partial charge in [0.2, 0.25) is 0 Å². The topological polar surface area (TPSA) is 96.8 Å². The predicted octanol–water partition coefficient (Wildman–Crippen LogP) is 2.08. The monoisotopic (exact) mass is 271 g/mol. The number of aryl methyl sites for hydroxylation is 1. The molecule has 1 N–H and O–H groups in total. The van der Waals surface area contributed by atoms with E-state index in [0.29, 0.717) is 18.8 Å². The first-order valence-electron chi connectivity index (χ1n) is 6.01. The van der Waals surface area contributed by atoms with Crippen LogP contribution in [0.1, 0.15) is 11.1 Å². The minimum atomic E-state index is -0.555. The molecule has 0 atom stereocenters. The summed E-state index contributed by atoms with van der Waals surface area (Å²) in [5, 5.41) is 26.9. The maximum atomic E-state index is 10.8. The van der Waals surface area contributed by atoms with Gasteiger partial charge < -0.3 is 5.32 Å². The van der Waals surface area contributed by atoms with Crippen LogP contribution in [0.25, 0.3) is 0 Å². The molecule has 0 spiro atoms. The van der Waals surface area contributed by atoms with E-state index in [1.165, 1.54) is 12.1 Å². The smallest absolute Gasteiger partial charge is 0.289 e. The van der Waals surface area contributed by atoms with Gasteiger partial charge in [-0.3, -0.25) is 14.8 Å². The molecule has 0 fully saturated rings. The lowest BCUT2D eigenvalue weighted by atomic mass is 10.2. The van der Waals surface area contributed by atoms with Crippen molar-refractivity contribution in [2.45, 2.75) is 13.5 Å². The van der Waals surface area contributed by atoms with Crippen molar-refractivity contribution in [3.05, 3.63) is 51.8 Å². The molecule has 1 aromatic heterocycles. The Balaban J connectivity index is 2.01. The SMILES string of the molecule is Cc1cnn(CCNc2ccc(C#N)c([N+](=O)[O-])c2)c1. The summed E-state index contributed by atoms with van der Waals surface area (Å²) < 4.78 is 1.79. The van der Waals surface area contributed by atoms with Crippen LogP contribution < -0.4 is 5.32 Å². The van der Waals surface area contributed by atoms with Crippen molar-refractivity contribution >= 4 is 11.4 Å². The molecule has 0 amide bonds. The van der Waals surface area contributed by atoms with E-state index in [9.17, 15) is 10.1 Å². The molecule has 0 aliphatic heterocycles. The number of benzene rings is 1. The van der Waals surface area contributed by atoms with Gasteiger partial charge in [0.15, 0.2) is 0 Å². The van der Waals surface area contributed by atoms with Crippen LogP contribution in [-0.2, 0) is 6.54 Å². The van der Waals surface area contributed by atoms with Gasteiger partial charge in [-0.15, -0.1) is 0 Å². The molecule has 7 heteroatoms. The Morgan fingerprint density at radius 2 is 2.35 bits per heavy atom. The van der Waals surface area contributed by atoms with Crippen molar-refractivity contribution in [3.8, 4) is 6.07 Å². The molecule has 0 unspecified atom stereocenters. The van der Waals surface area contributed by atoms with Crippen LogP contribution in [0, 0.1) is 28.4 Å². The van der Waals surface area contributed by atoms with E-state index in [-0.39, 0.29) is 11.3 Å². The van der Waals surface area contributed by atoms with Gasteiger partial charge in [0.05, 0.1) is 17.7 Å². The molecule has 0 saturated heterocycles. The lowest BCUT2D eigenvalue weighted by Crippen LogP contribution is -2.11. The molecule has 0 aliphatic carbocycles. The number of hydrogen-bond donors (Lipinski definition) is 1. The molecule has 20 heavy (non-hydrogen) atoms. The van der Waals surface area contributed by atoms with E-state index in [1.807, 2.05) is 13.1 Å². The quantitative estimate of drug-likeness (QED) is 0.663. The van der Waals surface area contributed by atoms with Gasteiger partial charge in [0, 0.05) is 24.5 Å². The van der Waals surface area contributed by atoms with Crippen molar-refractivity contribution in [2.24, 2.45) is 0 Å². The van der Waals surface area contributed by atoms with E-state index in [0.717, 1.165) is 5.56 Å². The van der Waals surface area contributed by atoms with Crippen LogP contribution in [0.15, 0.2) is 30.6 Å². The number of nitriles is 1. The van der Waals surface area contributed by atoms with Crippen molar-refractivity contribution in [2.75, 3.05) is 11.9 Å². The van der Waals surface area contributed by atoms with Crippen LogP contribution in [0.5, 0.6) is 0 Å². The maximum absolute atomic E-state index is 10.8. The average molecular weight is 271 g/mol. The van der Waals surface area contributed by atoms with Gasteiger partial charge in [0.1, 0.15) is 11.6 Å². The molecule has 0 aliphatic rings. The van der Waals surface area contributed by atoms with E-state index in [1.54, 1.807) is 23.0 Å². The fourth-order valence-electron chi connectivity index (χ4n) is 1.79. The molecule has 0 bridgehead atoms. The van der Waals surface area contributed by atoms with Crippen molar-refractivity contribution in [1.29, 1.82) is 5.26 Å². The van der Waals surface area contributed by atoms with Gasteiger partial charge in [-0.05, 0) is 24.6 Å². The number of rotatable bonds is 5. The zero-order valence-electron chi connectivity index (χ0n) is 10.9. The Morgan fingerprint density at radius 3 is 2.95 bits per heavy atom. The first-order valence-corrected chi connectivity index (χ1v) is 6.01. The molecule has 2 aromatic rings. The van der Waals surface area contributed by atoms with Crippen LogP contribution in [0.2, 0.25) is 0 Å². The highest BCUT2D eigenvalue weighted by Crippen LogP contribution is 2.22. The summed E-state index contributed by atoms with van der Waals surface area (Å²) in [6.45, 7) is 3.20. The lowest BCUT2D eigenvalue weighted by Gasteiger charge is -2.06. The Hall–Kier alpha value is -2.88. The Bertz CT molecular complexity index is 672. The third kappa shape index (κ3) is 3.11. The van der Waals surface area contributed by atoms with E-state index < -0.39 is 4.92 Å². The highest BCUT2D eigenvalue weighted by molar-refractivity contribution is 5.59. The van der Waals surface area contributed by atoms with Crippen molar-refractivity contribution < 1.29 is 4.92 Å². The summed E-state index contributed by atoms with van der Waals surface area (Å²) in [5.41, 5.74) is 1.56. The summed E-state index contributed by atoms with van der Waals surface area (Å²) in [7, 11) is 0. The molecular formula is C13H13N5O2. The van der Waals surface area contributed by atoms with Gasteiger partial charge >= 0.3 is 0 Å². The van der Waals surface area contributed by atoms with Crippen LogP contribution >= 0.6 is 0 Å². The molecule has 7 nitrogen and oxygen atoms in total. The number of anilines is 1. The first-order chi connectivity index (χ1) is 9.60. The van der Waals surface area contributed by atoms with E-state index >= 15 is 0 Å². The zero-order valence-corrected chi connectivity index (χ0v) is 10.9. The van der Waals surface area contributed by atoms with Gasteiger partial charge in [-0.25, -0.2) is 0 Å². The second-order valence-electron chi connectivity index (χ2n) is 4.31. The number of nitro groups is 1. The van der Waals surface area contributed by atoms with Crippen molar-refractivity contribution in [3.63, 3.8) is 0 Å². The number of nitrogens with zero attached hydrogens (tertiary/aromatic N) is 4. The largest absolute Gasteiger partial charge is 0.383 e. The Morgan fingerprint density at radius 1 is 1.55 bits per heavy atom. The highest BCUT2D eigenvalue weighted by Gasteiger charge is 2.13.